The van der Waals surface area contributed by atoms with Crippen LogP contribution in [0, 0.1) is 11.3 Å². The van der Waals surface area contributed by atoms with Gasteiger partial charge in [-0.05, 0) is 37.9 Å². The molecule has 1 unspecified atom stereocenters. The number of aromatic nitrogens is 1. The molecule has 4 nitrogen and oxygen atoms in total. The molecule has 2 fully saturated rings. The Morgan fingerprint density at radius 3 is 3.00 bits per heavy atom. The predicted octanol–water partition coefficient (Wildman–Crippen LogP) is 1.63. The molecule has 1 aromatic heterocycles. The molecule has 0 bridgehead atoms. The summed E-state index contributed by atoms with van der Waals surface area (Å²) in [6.07, 6.45) is 3.81. The molecule has 0 amide bonds. The monoisotopic (exact) mass is 242 g/mol. The highest BCUT2D eigenvalue weighted by atomic mass is 15.3. The van der Waals surface area contributed by atoms with Crippen LogP contribution in [0.15, 0.2) is 18.2 Å². The lowest BCUT2D eigenvalue weighted by Crippen LogP contribution is -2.37. The fourth-order valence-electron chi connectivity index (χ4n) is 3.08. The van der Waals surface area contributed by atoms with Gasteiger partial charge in [0.15, 0.2) is 0 Å². The molecule has 0 radical (unpaired) electrons. The first kappa shape index (κ1) is 11.5. The van der Waals surface area contributed by atoms with Crippen molar-refractivity contribution in [3.8, 4) is 6.07 Å². The maximum absolute atomic E-state index is 8.93. The number of hydrogen-bond donors (Lipinski definition) is 0. The van der Waals surface area contributed by atoms with E-state index in [-0.39, 0.29) is 0 Å². The number of pyridine rings is 1. The van der Waals surface area contributed by atoms with Gasteiger partial charge in [0.2, 0.25) is 0 Å². The first-order valence-electron chi connectivity index (χ1n) is 6.73. The minimum Gasteiger partial charge on any atom is -0.355 e. The fourth-order valence-corrected chi connectivity index (χ4v) is 3.08. The molecule has 0 saturated carbocycles. The average Bonchev–Trinajstić information content (AvgIpc) is 2.76. The van der Waals surface area contributed by atoms with Crippen molar-refractivity contribution in [1.29, 1.82) is 5.26 Å². The second-order valence-corrected chi connectivity index (χ2v) is 5.12. The molecule has 1 atom stereocenters. The van der Waals surface area contributed by atoms with Crippen molar-refractivity contribution in [2.75, 3.05) is 31.1 Å². The van der Waals surface area contributed by atoms with Gasteiger partial charge in [0.1, 0.15) is 17.6 Å². The van der Waals surface area contributed by atoms with Crippen LogP contribution in [0.4, 0.5) is 5.82 Å². The molecule has 18 heavy (non-hydrogen) atoms. The molecule has 3 heterocycles. The molecule has 2 aliphatic heterocycles. The molecular weight excluding hydrogens is 224 g/mol. The highest BCUT2D eigenvalue weighted by molar-refractivity contribution is 5.42. The van der Waals surface area contributed by atoms with Crippen molar-refractivity contribution < 1.29 is 0 Å². The third kappa shape index (κ3) is 2.19. The number of rotatable bonds is 1. The van der Waals surface area contributed by atoms with E-state index in [4.69, 9.17) is 5.26 Å². The smallest absolute Gasteiger partial charge is 0.142 e. The van der Waals surface area contributed by atoms with Gasteiger partial charge >= 0.3 is 0 Å². The van der Waals surface area contributed by atoms with E-state index in [0.29, 0.717) is 11.7 Å². The predicted molar refractivity (Wildman–Crippen MR) is 70.4 cm³/mol. The molecule has 2 saturated heterocycles. The lowest BCUT2D eigenvalue weighted by atomic mass is 10.2. The summed E-state index contributed by atoms with van der Waals surface area (Å²) in [4.78, 5) is 9.37. The van der Waals surface area contributed by atoms with Crippen LogP contribution in [0.25, 0.3) is 0 Å². The second kappa shape index (κ2) is 4.95. The van der Waals surface area contributed by atoms with Crippen LogP contribution in [0.1, 0.15) is 25.0 Å². The summed E-state index contributed by atoms with van der Waals surface area (Å²) < 4.78 is 0. The minimum absolute atomic E-state index is 0.514. The summed E-state index contributed by atoms with van der Waals surface area (Å²) in [6.45, 7) is 4.57. The summed E-state index contributed by atoms with van der Waals surface area (Å²) in [6, 6.07) is 8.52. The summed E-state index contributed by atoms with van der Waals surface area (Å²) in [5.41, 5.74) is 0.514. The Bertz CT molecular complexity index is 465. The first-order valence-corrected chi connectivity index (χ1v) is 6.73. The Kier molecular flexibility index (Phi) is 3.16. The topological polar surface area (TPSA) is 43.2 Å². The molecule has 0 aliphatic carbocycles. The highest BCUT2D eigenvalue weighted by Gasteiger charge is 2.29. The van der Waals surface area contributed by atoms with Gasteiger partial charge in [-0.25, -0.2) is 4.98 Å². The van der Waals surface area contributed by atoms with Crippen LogP contribution in [0.3, 0.4) is 0 Å². The van der Waals surface area contributed by atoms with Gasteiger partial charge in [-0.1, -0.05) is 6.07 Å². The molecule has 2 aliphatic rings. The molecule has 3 rings (SSSR count). The standard InChI is InChI=1S/C14H18N4/c15-10-12-4-1-6-14(16-12)18-9-3-8-17-7-2-5-13(17)11-18/h1,4,6,13H,2-3,5,7-9,11H2. The van der Waals surface area contributed by atoms with Gasteiger partial charge in [0, 0.05) is 25.7 Å². The quantitative estimate of drug-likeness (QED) is 0.750. The third-order valence-electron chi connectivity index (χ3n) is 3.98. The molecule has 1 aromatic rings. The molecule has 0 N–H and O–H groups in total. The highest BCUT2D eigenvalue weighted by Crippen LogP contribution is 2.24. The van der Waals surface area contributed by atoms with Gasteiger partial charge in [0.25, 0.3) is 0 Å². The minimum atomic E-state index is 0.514. The van der Waals surface area contributed by atoms with E-state index in [2.05, 4.69) is 20.9 Å². The Morgan fingerprint density at radius 1 is 1.22 bits per heavy atom. The summed E-state index contributed by atoms with van der Waals surface area (Å²) in [5, 5.41) is 8.93. The normalized spacial score (nSPS) is 24.4. The van der Waals surface area contributed by atoms with E-state index in [0.717, 1.165) is 18.9 Å². The van der Waals surface area contributed by atoms with Gasteiger partial charge in [-0.3, -0.25) is 4.90 Å². The van der Waals surface area contributed by atoms with E-state index in [1.165, 1.54) is 32.4 Å². The van der Waals surface area contributed by atoms with Gasteiger partial charge in [-0.15, -0.1) is 0 Å². The molecular formula is C14H18N4. The summed E-state index contributed by atoms with van der Waals surface area (Å²) in [7, 11) is 0. The zero-order valence-corrected chi connectivity index (χ0v) is 10.5. The average molecular weight is 242 g/mol. The Labute approximate surface area is 108 Å². The van der Waals surface area contributed by atoms with Crippen molar-refractivity contribution in [2.24, 2.45) is 0 Å². The Hall–Kier alpha value is -1.60. The number of hydrogen-bond acceptors (Lipinski definition) is 4. The van der Waals surface area contributed by atoms with Crippen molar-refractivity contribution in [3.05, 3.63) is 23.9 Å². The zero-order chi connectivity index (χ0) is 12.4. The first-order chi connectivity index (χ1) is 8.86. The number of fused-ring (bicyclic) bond motifs is 1. The van der Waals surface area contributed by atoms with E-state index in [1.54, 1.807) is 6.07 Å². The number of nitrogens with zero attached hydrogens (tertiary/aromatic N) is 4. The maximum atomic E-state index is 8.93. The van der Waals surface area contributed by atoms with Gasteiger partial charge in [0.05, 0.1) is 0 Å². The summed E-state index contributed by atoms with van der Waals surface area (Å²) >= 11 is 0. The van der Waals surface area contributed by atoms with Crippen LogP contribution in [-0.2, 0) is 0 Å². The molecule has 4 heteroatoms. The largest absolute Gasteiger partial charge is 0.355 e. The van der Waals surface area contributed by atoms with E-state index >= 15 is 0 Å². The number of nitriles is 1. The lowest BCUT2D eigenvalue weighted by molar-refractivity contribution is 0.273. The molecule has 0 aromatic carbocycles. The molecule has 94 valence electrons. The van der Waals surface area contributed by atoms with Crippen LogP contribution in [-0.4, -0.2) is 42.1 Å². The Morgan fingerprint density at radius 2 is 2.11 bits per heavy atom. The number of anilines is 1. The van der Waals surface area contributed by atoms with Crippen LogP contribution < -0.4 is 4.90 Å². The zero-order valence-electron chi connectivity index (χ0n) is 10.5. The fraction of sp³-hybridized carbons (Fsp3) is 0.571. The van der Waals surface area contributed by atoms with Crippen LogP contribution >= 0.6 is 0 Å². The maximum Gasteiger partial charge on any atom is 0.142 e. The summed E-state index contributed by atoms with van der Waals surface area (Å²) in [5.74, 6) is 0.961. The van der Waals surface area contributed by atoms with Crippen LogP contribution in [0.2, 0.25) is 0 Å². The SMILES string of the molecule is N#Cc1cccc(N2CCCN3CCCC3C2)n1. The Balaban J connectivity index is 1.80. The van der Waals surface area contributed by atoms with E-state index in [9.17, 15) is 0 Å². The van der Waals surface area contributed by atoms with Crippen molar-refractivity contribution >= 4 is 5.82 Å². The van der Waals surface area contributed by atoms with Gasteiger partial charge < -0.3 is 4.90 Å². The van der Waals surface area contributed by atoms with Gasteiger partial charge in [-0.2, -0.15) is 5.26 Å². The van der Waals surface area contributed by atoms with E-state index in [1.807, 2.05) is 12.1 Å². The van der Waals surface area contributed by atoms with Crippen molar-refractivity contribution in [2.45, 2.75) is 25.3 Å². The van der Waals surface area contributed by atoms with E-state index < -0.39 is 0 Å². The van der Waals surface area contributed by atoms with Crippen LogP contribution in [0.5, 0.6) is 0 Å². The lowest BCUT2D eigenvalue weighted by Gasteiger charge is -2.26. The second-order valence-electron chi connectivity index (χ2n) is 5.12. The van der Waals surface area contributed by atoms with Crippen molar-refractivity contribution in [1.82, 2.24) is 9.88 Å². The van der Waals surface area contributed by atoms with Crippen molar-refractivity contribution in [3.63, 3.8) is 0 Å². The molecule has 0 spiro atoms. The third-order valence-corrected chi connectivity index (χ3v) is 3.98.